The van der Waals surface area contributed by atoms with Crippen LogP contribution in [0.3, 0.4) is 0 Å². The average Bonchev–Trinajstić information content (AvgIpc) is 3.19. The van der Waals surface area contributed by atoms with Crippen molar-refractivity contribution in [2.45, 2.75) is 39.9 Å². The van der Waals surface area contributed by atoms with Crippen molar-refractivity contribution in [3.8, 4) is 0 Å². The standard InChI is InChI=1S/C29H38F2N4O3S/c1-5-12-32-27(36)23(7-6-17-39-19-22-8-10-24(11-9-22)38-29(30)31)18-25-20(2)26(21(3)33-25)28(37)35-15-13-34(4)14-16-35/h5-10,12,18,24,29,33H,11,13-17,19H2,1-4H3,(H,32,36). The van der Waals surface area contributed by atoms with Crippen LogP contribution in [-0.4, -0.2) is 84.0 Å². The normalized spacial score (nSPS) is 18.9. The maximum absolute atomic E-state index is 13.3. The van der Waals surface area contributed by atoms with E-state index in [2.05, 4.69) is 27.0 Å². The fourth-order valence-electron chi connectivity index (χ4n) is 4.40. The Kier molecular flexibility index (Phi) is 11.8. The Morgan fingerprint density at radius 1 is 1.26 bits per heavy atom. The number of likely N-dealkylation sites (N-methyl/N-ethyl adjacent to an activating group) is 1. The third kappa shape index (κ3) is 9.05. The molecule has 1 aliphatic carbocycles. The smallest absolute Gasteiger partial charge is 0.345 e. The van der Waals surface area contributed by atoms with Crippen LogP contribution in [0, 0.1) is 13.8 Å². The Bertz CT molecular complexity index is 1160. The van der Waals surface area contributed by atoms with E-state index in [1.54, 1.807) is 42.3 Å². The summed E-state index contributed by atoms with van der Waals surface area (Å²) in [5, 5.41) is 2.76. The Hall–Kier alpha value is -2.95. The van der Waals surface area contributed by atoms with Crippen LogP contribution in [0.25, 0.3) is 6.08 Å². The molecule has 1 aromatic rings. The number of aromatic nitrogens is 1. The highest BCUT2D eigenvalue weighted by atomic mass is 32.2. The number of thioether (sulfide) groups is 1. The molecule has 2 heterocycles. The number of piperazine rings is 1. The van der Waals surface area contributed by atoms with E-state index in [0.717, 1.165) is 41.4 Å². The van der Waals surface area contributed by atoms with E-state index in [1.165, 1.54) is 0 Å². The van der Waals surface area contributed by atoms with E-state index in [-0.39, 0.29) is 11.8 Å². The molecule has 1 fully saturated rings. The number of aryl methyl sites for hydroxylation is 1. The van der Waals surface area contributed by atoms with Gasteiger partial charge in [0.05, 0.1) is 11.7 Å². The van der Waals surface area contributed by atoms with Crippen LogP contribution in [0.2, 0.25) is 0 Å². The molecule has 212 valence electrons. The van der Waals surface area contributed by atoms with Crippen molar-refractivity contribution < 1.29 is 23.1 Å². The summed E-state index contributed by atoms with van der Waals surface area (Å²) in [4.78, 5) is 33.5. The lowest BCUT2D eigenvalue weighted by molar-refractivity contribution is -0.149. The van der Waals surface area contributed by atoms with Crippen molar-refractivity contribution in [1.82, 2.24) is 20.1 Å². The number of nitrogens with zero attached hydrogens (tertiary/aromatic N) is 2. The SMILES string of the molecule is CC=CNC(=O)C(C=CCSCC1=CCC(OC(F)F)C=C1)=Cc1[nH]c(C)c(C(=O)N2CCN(C)CC2)c1C. The van der Waals surface area contributed by atoms with Gasteiger partial charge in [-0.05, 0) is 57.7 Å². The van der Waals surface area contributed by atoms with Crippen LogP contribution in [0.5, 0.6) is 0 Å². The average molecular weight is 561 g/mol. The summed E-state index contributed by atoms with van der Waals surface area (Å²) in [5.74, 6) is 1.14. The number of amides is 2. The molecule has 2 N–H and O–H groups in total. The zero-order chi connectivity index (χ0) is 28.4. The second kappa shape index (κ2) is 15.0. The first-order chi connectivity index (χ1) is 18.7. The van der Waals surface area contributed by atoms with Crippen molar-refractivity contribution in [3.05, 3.63) is 76.3 Å². The number of aromatic amines is 1. The van der Waals surface area contributed by atoms with Gasteiger partial charge in [0.1, 0.15) is 0 Å². The lowest BCUT2D eigenvalue weighted by Gasteiger charge is -2.32. The van der Waals surface area contributed by atoms with Gasteiger partial charge >= 0.3 is 6.61 Å². The quantitative estimate of drug-likeness (QED) is 0.230. The van der Waals surface area contributed by atoms with Crippen molar-refractivity contribution in [3.63, 3.8) is 0 Å². The fraction of sp³-hybridized carbons (Fsp3) is 0.448. The predicted molar refractivity (Wildman–Crippen MR) is 154 cm³/mol. The summed E-state index contributed by atoms with van der Waals surface area (Å²) in [6.45, 7) is 5.92. The molecule has 1 saturated heterocycles. The molecule has 0 spiro atoms. The van der Waals surface area contributed by atoms with Gasteiger partial charge in [0.15, 0.2) is 0 Å². The maximum Gasteiger partial charge on any atom is 0.345 e. The van der Waals surface area contributed by atoms with E-state index in [4.69, 9.17) is 0 Å². The van der Waals surface area contributed by atoms with E-state index in [0.29, 0.717) is 36.4 Å². The molecule has 3 rings (SSSR count). The molecule has 10 heteroatoms. The molecule has 0 bridgehead atoms. The van der Waals surface area contributed by atoms with Crippen molar-refractivity contribution in [2.24, 2.45) is 0 Å². The largest absolute Gasteiger partial charge is 0.358 e. The highest BCUT2D eigenvalue weighted by molar-refractivity contribution is 7.99. The predicted octanol–water partition coefficient (Wildman–Crippen LogP) is 4.84. The minimum absolute atomic E-state index is 0.0130. The highest BCUT2D eigenvalue weighted by Gasteiger charge is 2.25. The molecule has 2 amide bonds. The molecule has 39 heavy (non-hydrogen) atoms. The topological polar surface area (TPSA) is 77.7 Å². The molecule has 1 atom stereocenters. The molecule has 0 radical (unpaired) electrons. The van der Waals surface area contributed by atoms with E-state index in [9.17, 15) is 18.4 Å². The number of halogens is 2. The molecule has 0 aromatic carbocycles. The second-order valence-electron chi connectivity index (χ2n) is 9.56. The van der Waals surface area contributed by atoms with Crippen LogP contribution < -0.4 is 5.32 Å². The number of carbonyl (C=O) groups is 2. The molecule has 0 saturated carbocycles. The Balaban J connectivity index is 1.67. The Morgan fingerprint density at radius 2 is 2.00 bits per heavy atom. The lowest BCUT2D eigenvalue weighted by atomic mass is 10.1. The summed E-state index contributed by atoms with van der Waals surface area (Å²) in [5.41, 5.74) is 4.50. The number of H-pyrrole nitrogens is 1. The van der Waals surface area contributed by atoms with Crippen LogP contribution in [0.15, 0.2) is 53.8 Å². The van der Waals surface area contributed by atoms with Crippen LogP contribution in [0.1, 0.15) is 40.7 Å². The van der Waals surface area contributed by atoms with Gasteiger partial charge in [-0.2, -0.15) is 20.5 Å². The monoisotopic (exact) mass is 560 g/mol. The fourth-order valence-corrected chi connectivity index (χ4v) is 5.20. The molecule has 1 aromatic heterocycles. The van der Waals surface area contributed by atoms with Crippen LogP contribution in [0.4, 0.5) is 8.78 Å². The van der Waals surface area contributed by atoms with Gasteiger partial charge in [0.25, 0.3) is 11.8 Å². The van der Waals surface area contributed by atoms with Crippen molar-refractivity contribution in [2.75, 3.05) is 44.7 Å². The number of alkyl halides is 2. The van der Waals surface area contributed by atoms with Gasteiger partial charge in [0, 0.05) is 54.6 Å². The molecular weight excluding hydrogens is 522 g/mol. The third-order valence-electron chi connectivity index (χ3n) is 6.62. The van der Waals surface area contributed by atoms with Gasteiger partial charge in [-0.3, -0.25) is 9.59 Å². The maximum atomic E-state index is 13.3. The van der Waals surface area contributed by atoms with E-state index < -0.39 is 12.7 Å². The van der Waals surface area contributed by atoms with E-state index in [1.807, 2.05) is 43.9 Å². The summed E-state index contributed by atoms with van der Waals surface area (Å²) in [7, 11) is 2.05. The van der Waals surface area contributed by atoms with Gasteiger partial charge in [0.2, 0.25) is 0 Å². The lowest BCUT2D eigenvalue weighted by Crippen LogP contribution is -2.47. The summed E-state index contributed by atoms with van der Waals surface area (Å²) >= 11 is 1.65. The molecule has 1 unspecified atom stereocenters. The summed E-state index contributed by atoms with van der Waals surface area (Å²) in [6, 6.07) is 0. The van der Waals surface area contributed by atoms with Crippen LogP contribution in [-0.2, 0) is 9.53 Å². The number of rotatable bonds is 11. The first-order valence-corrected chi connectivity index (χ1v) is 14.2. The number of carbonyl (C=O) groups excluding carboxylic acids is 2. The number of hydrogen-bond acceptors (Lipinski definition) is 5. The molecule has 1 aliphatic heterocycles. The number of allylic oxidation sites excluding steroid dienone is 2. The number of ether oxygens (including phenoxy) is 1. The van der Waals surface area contributed by atoms with Crippen LogP contribution >= 0.6 is 11.8 Å². The third-order valence-corrected chi connectivity index (χ3v) is 7.58. The van der Waals surface area contributed by atoms with Gasteiger partial charge in [-0.25, -0.2) is 0 Å². The Morgan fingerprint density at radius 3 is 2.64 bits per heavy atom. The minimum Gasteiger partial charge on any atom is -0.358 e. The van der Waals surface area contributed by atoms with Gasteiger partial charge in [-0.1, -0.05) is 36.5 Å². The molecule has 2 aliphatic rings. The number of hydrogen-bond donors (Lipinski definition) is 2. The highest BCUT2D eigenvalue weighted by Crippen LogP contribution is 2.23. The van der Waals surface area contributed by atoms with Gasteiger partial charge in [-0.15, -0.1) is 0 Å². The minimum atomic E-state index is -2.77. The zero-order valence-electron chi connectivity index (χ0n) is 23.0. The first-order valence-electron chi connectivity index (χ1n) is 13.1. The zero-order valence-corrected chi connectivity index (χ0v) is 23.8. The van der Waals surface area contributed by atoms with E-state index >= 15 is 0 Å². The van der Waals surface area contributed by atoms with Gasteiger partial charge < -0.3 is 24.8 Å². The molecule has 7 nitrogen and oxygen atoms in total. The number of nitrogens with one attached hydrogen (secondary N) is 2. The van der Waals surface area contributed by atoms with Crippen molar-refractivity contribution >= 4 is 29.7 Å². The summed E-state index contributed by atoms with van der Waals surface area (Å²) in [6.07, 6.45) is 14.0. The molecular formula is C29H38F2N4O3S. The van der Waals surface area contributed by atoms with Crippen molar-refractivity contribution in [1.29, 1.82) is 0 Å². The first kappa shape index (κ1) is 30.6. The Labute approximate surface area is 233 Å². The summed E-state index contributed by atoms with van der Waals surface area (Å²) < 4.78 is 29.2. The second-order valence-corrected chi connectivity index (χ2v) is 10.6.